The van der Waals surface area contributed by atoms with Crippen LogP contribution in [0.3, 0.4) is 0 Å². The fraction of sp³-hybridized carbons (Fsp3) is 0.400. The summed E-state index contributed by atoms with van der Waals surface area (Å²) in [7, 11) is -2.22. The van der Waals surface area contributed by atoms with Gasteiger partial charge in [0.2, 0.25) is 0 Å². The lowest BCUT2D eigenvalue weighted by molar-refractivity contribution is 0.313. The molecular formula is C10H15NO4S. The van der Waals surface area contributed by atoms with Crippen LogP contribution in [0.4, 0.5) is 0 Å². The molecule has 5 nitrogen and oxygen atoms in total. The Kier molecular flexibility index (Phi) is 4.72. The summed E-state index contributed by atoms with van der Waals surface area (Å²) in [6, 6.07) is 7.58. The van der Waals surface area contributed by atoms with Crippen molar-refractivity contribution in [2.45, 2.75) is 12.8 Å². The van der Waals surface area contributed by atoms with Crippen LogP contribution in [0.1, 0.15) is 12.0 Å². The second kappa shape index (κ2) is 5.83. The molecule has 0 radical (unpaired) electrons. The van der Waals surface area contributed by atoms with Gasteiger partial charge < -0.3 is 4.74 Å². The Morgan fingerprint density at radius 3 is 2.75 bits per heavy atom. The molecule has 0 saturated carbocycles. The molecule has 90 valence electrons. The first kappa shape index (κ1) is 13.0. The molecule has 6 heteroatoms. The quantitative estimate of drug-likeness (QED) is 0.753. The van der Waals surface area contributed by atoms with Gasteiger partial charge in [-0.05, 0) is 30.5 Å². The standard InChI is InChI=1S/C10H15NO4S/c1-14-10-6-2-4-9(8-10)5-3-7-15-16(11,12)13/h2,4,6,8H,3,5,7H2,1H3,(H2,11,12,13). The van der Waals surface area contributed by atoms with E-state index in [0.29, 0.717) is 12.8 Å². The second-order valence-electron chi connectivity index (χ2n) is 3.27. The maximum atomic E-state index is 10.5. The summed E-state index contributed by atoms with van der Waals surface area (Å²) in [5.41, 5.74) is 1.07. The largest absolute Gasteiger partial charge is 0.497 e. The Balaban J connectivity index is 2.37. The first-order valence-corrected chi connectivity index (χ1v) is 6.28. The van der Waals surface area contributed by atoms with Crippen LogP contribution in [0.25, 0.3) is 0 Å². The van der Waals surface area contributed by atoms with E-state index in [-0.39, 0.29) is 6.61 Å². The van der Waals surface area contributed by atoms with Gasteiger partial charge in [-0.3, -0.25) is 4.18 Å². The van der Waals surface area contributed by atoms with Crippen molar-refractivity contribution in [1.29, 1.82) is 0 Å². The van der Waals surface area contributed by atoms with Crippen LogP contribution < -0.4 is 9.88 Å². The lowest BCUT2D eigenvalue weighted by atomic mass is 10.1. The zero-order valence-electron chi connectivity index (χ0n) is 9.05. The summed E-state index contributed by atoms with van der Waals surface area (Å²) >= 11 is 0. The number of benzene rings is 1. The number of hydrogen-bond acceptors (Lipinski definition) is 4. The van der Waals surface area contributed by atoms with E-state index < -0.39 is 10.3 Å². The summed E-state index contributed by atoms with van der Waals surface area (Å²) in [6.45, 7) is 0.0933. The van der Waals surface area contributed by atoms with Crippen LogP contribution in [-0.4, -0.2) is 22.1 Å². The zero-order valence-corrected chi connectivity index (χ0v) is 9.87. The first-order valence-electron chi connectivity index (χ1n) is 4.81. The molecule has 0 bridgehead atoms. The van der Waals surface area contributed by atoms with Crippen molar-refractivity contribution in [2.24, 2.45) is 5.14 Å². The van der Waals surface area contributed by atoms with Gasteiger partial charge in [0.05, 0.1) is 13.7 Å². The molecule has 0 aromatic heterocycles. The molecule has 1 rings (SSSR count). The Morgan fingerprint density at radius 2 is 2.12 bits per heavy atom. The lowest BCUT2D eigenvalue weighted by Gasteiger charge is -2.04. The minimum absolute atomic E-state index is 0.0933. The highest BCUT2D eigenvalue weighted by atomic mass is 32.2. The minimum atomic E-state index is -3.82. The van der Waals surface area contributed by atoms with Crippen LogP contribution in [0.5, 0.6) is 5.75 Å². The van der Waals surface area contributed by atoms with Crippen molar-refractivity contribution < 1.29 is 17.3 Å². The summed E-state index contributed by atoms with van der Waals surface area (Å²) in [6.07, 6.45) is 1.30. The van der Waals surface area contributed by atoms with Crippen molar-refractivity contribution >= 4 is 10.3 Å². The van der Waals surface area contributed by atoms with Crippen molar-refractivity contribution in [3.63, 3.8) is 0 Å². The van der Waals surface area contributed by atoms with Gasteiger partial charge in [0.25, 0.3) is 0 Å². The van der Waals surface area contributed by atoms with E-state index in [1.807, 2.05) is 24.3 Å². The molecule has 0 aliphatic heterocycles. The Bertz CT molecular complexity index is 430. The van der Waals surface area contributed by atoms with Crippen LogP contribution in [0.15, 0.2) is 24.3 Å². The molecule has 1 aromatic rings. The number of rotatable bonds is 6. The van der Waals surface area contributed by atoms with E-state index in [9.17, 15) is 8.42 Å². The van der Waals surface area contributed by atoms with Crippen LogP contribution >= 0.6 is 0 Å². The molecule has 0 fully saturated rings. The highest BCUT2D eigenvalue weighted by Crippen LogP contribution is 2.13. The van der Waals surface area contributed by atoms with Crippen LogP contribution in [0.2, 0.25) is 0 Å². The molecule has 2 N–H and O–H groups in total. The molecule has 0 heterocycles. The fourth-order valence-electron chi connectivity index (χ4n) is 1.28. The van der Waals surface area contributed by atoms with E-state index in [2.05, 4.69) is 4.18 Å². The van der Waals surface area contributed by atoms with Gasteiger partial charge in [-0.15, -0.1) is 0 Å². The first-order chi connectivity index (χ1) is 7.51. The monoisotopic (exact) mass is 245 g/mol. The molecule has 0 atom stereocenters. The third kappa shape index (κ3) is 5.11. The Hall–Kier alpha value is -1.11. The molecule has 0 aliphatic rings. The van der Waals surface area contributed by atoms with Gasteiger partial charge in [-0.1, -0.05) is 12.1 Å². The zero-order chi connectivity index (χ0) is 12.0. The maximum absolute atomic E-state index is 10.5. The van der Waals surface area contributed by atoms with Gasteiger partial charge in [-0.2, -0.15) is 8.42 Å². The molecule has 0 spiro atoms. The predicted molar refractivity (Wildman–Crippen MR) is 60.4 cm³/mol. The third-order valence-electron chi connectivity index (χ3n) is 1.99. The molecule has 0 aliphatic carbocycles. The maximum Gasteiger partial charge on any atom is 0.333 e. The Morgan fingerprint density at radius 1 is 1.38 bits per heavy atom. The summed E-state index contributed by atoms with van der Waals surface area (Å²) in [5, 5.41) is 4.69. The molecule has 0 saturated heterocycles. The van der Waals surface area contributed by atoms with Gasteiger partial charge in [0.1, 0.15) is 5.75 Å². The fourth-order valence-corrected chi connectivity index (χ4v) is 1.63. The summed E-state index contributed by atoms with van der Waals surface area (Å²) in [5.74, 6) is 0.782. The lowest BCUT2D eigenvalue weighted by Crippen LogP contribution is -2.16. The van der Waals surface area contributed by atoms with Gasteiger partial charge >= 0.3 is 10.3 Å². The van der Waals surface area contributed by atoms with Crippen LogP contribution in [0, 0.1) is 0 Å². The molecule has 1 aromatic carbocycles. The van der Waals surface area contributed by atoms with E-state index >= 15 is 0 Å². The van der Waals surface area contributed by atoms with Crippen LogP contribution in [-0.2, 0) is 20.9 Å². The smallest absolute Gasteiger partial charge is 0.333 e. The van der Waals surface area contributed by atoms with Crippen molar-refractivity contribution in [3.05, 3.63) is 29.8 Å². The average Bonchev–Trinajstić information content (AvgIpc) is 2.23. The number of aryl methyl sites for hydroxylation is 1. The molecule has 16 heavy (non-hydrogen) atoms. The number of nitrogens with two attached hydrogens (primary N) is 1. The highest BCUT2D eigenvalue weighted by Gasteiger charge is 2.02. The van der Waals surface area contributed by atoms with E-state index in [0.717, 1.165) is 11.3 Å². The van der Waals surface area contributed by atoms with E-state index in [1.54, 1.807) is 7.11 Å². The highest BCUT2D eigenvalue weighted by molar-refractivity contribution is 7.84. The normalized spacial score (nSPS) is 11.4. The molecule has 0 amide bonds. The third-order valence-corrected chi connectivity index (χ3v) is 2.49. The number of ether oxygens (including phenoxy) is 1. The van der Waals surface area contributed by atoms with E-state index in [4.69, 9.17) is 9.88 Å². The molecule has 0 unspecified atom stereocenters. The van der Waals surface area contributed by atoms with Gasteiger partial charge in [0, 0.05) is 0 Å². The number of methoxy groups -OCH3 is 1. The van der Waals surface area contributed by atoms with Gasteiger partial charge in [-0.25, -0.2) is 5.14 Å². The topological polar surface area (TPSA) is 78.6 Å². The number of hydrogen-bond donors (Lipinski definition) is 1. The minimum Gasteiger partial charge on any atom is -0.497 e. The molecular weight excluding hydrogens is 230 g/mol. The Labute approximate surface area is 95.4 Å². The van der Waals surface area contributed by atoms with Crippen molar-refractivity contribution in [3.8, 4) is 5.75 Å². The predicted octanol–water partition coefficient (Wildman–Crippen LogP) is 0.848. The summed E-state index contributed by atoms with van der Waals surface area (Å²) in [4.78, 5) is 0. The summed E-state index contributed by atoms with van der Waals surface area (Å²) < 4.78 is 30.5. The SMILES string of the molecule is COc1cccc(CCCOS(N)(=O)=O)c1. The van der Waals surface area contributed by atoms with Crippen molar-refractivity contribution in [1.82, 2.24) is 0 Å². The van der Waals surface area contributed by atoms with Crippen molar-refractivity contribution in [2.75, 3.05) is 13.7 Å². The second-order valence-corrected chi connectivity index (χ2v) is 4.49. The van der Waals surface area contributed by atoms with Gasteiger partial charge in [0.15, 0.2) is 0 Å². The average molecular weight is 245 g/mol. The van der Waals surface area contributed by atoms with E-state index in [1.165, 1.54) is 0 Å².